The molecule has 2 aromatic rings. The van der Waals surface area contributed by atoms with Gasteiger partial charge in [0.1, 0.15) is 12.1 Å². The summed E-state index contributed by atoms with van der Waals surface area (Å²) < 4.78 is 1.31. The smallest absolute Gasteiger partial charge is 0.348 e. The van der Waals surface area contributed by atoms with Crippen molar-refractivity contribution in [2.75, 3.05) is 11.9 Å². The van der Waals surface area contributed by atoms with E-state index in [0.717, 1.165) is 6.42 Å². The largest absolute Gasteiger partial charge is 0.394 e. The summed E-state index contributed by atoms with van der Waals surface area (Å²) in [5.41, 5.74) is 0.179. The highest BCUT2D eigenvalue weighted by Crippen LogP contribution is 2.07. The van der Waals surface area contributed by atoms with Gasteiger partial charge in [-0.05, 0) is 6.42 Å². The number of aliphatic hydroxyl groups excluding tert-OH is 1. The lowest BCUT2D eigenvalue weighted by atomic mass is 10.2. The SMILES string of the molecule is CCC(CO)Nc1cc2n[nH]c(=O)n2cn1. The molecule has 7 nitrogen and oxygen atoms in total. The third-order valence-electron chi connectivity index (χ3n) is 2.38. The lowest BCUT2D eigenvalue weighted by Crippen LogP contribution is -2.23. The predicted octanol–water partition coefficient (Wildman–Crippen LogP) is -0.400. The molecule has 1 unspecified atom stereocenters. The summed E-state index contributed by atoms with van der Waals surface area (Å²) in [6.45, 7) is 2.00. The summed E-state index contributed by atoms with van der Waals surface area (Å²) in [6, 6.07) is 1.61. The molecule has 2 aromatic heterocycles. The number of nitrogens with zero attached hydrogens (tertiary/aromatic N) is 3. The molecule has 1 atom stereocenters. The molecule has 0 bridgehead atoms. The van der Waals surface area contributed by atoms with Crippen LogP contribution in [-0.2, 0) is 0 Å². The highest BCUT2D eigenvalue weighted by Gasteiger charge is 2.07. The third kappa shape index (κ3) is 1.89. The van der Waals surface area contributed by atoms with E-state index in [4.69, 9.17) is 5.11 Å². The first-order valence-electron chi connectivity index (χ1n) is 5.04. The van der Waals surface area contributed by atoms with Crippen molar-refractivity contribution in [1.29, 1.82) is 0 Å². The van der Waals surface area contributed by atoms with Gasteiger partial charge < -0.3 is 10.4 Å². The zero-order valence-electron chi connectivity index (χ0n) is 8.84. The van der Waals surface area contributed by atoms with Crippen molar-refractivity contribution in [2.45, 2.75) is 19.4 Å². The first-order chi connectivity index (χ1) is 7.74. The second kappa shape index (κ2) is 4.31. The molecular weight excluding hydrogens is 210 g/mol. The lowest BCUT2D eigenvalue weighted by Gasteiger charge is -2.14. The van der Waals surface area contributed by atoms with Crippen LogP contribution in [0.3, 0.4) is 0 Å². The van der Waals surface area contributed by atoms with Crippen molar-refractivity contribution in [3.05, 3.63) is 22.9 Å². The topological polar surface area (TPSA) is 95.3 Å². The average molecular weight is 223 g/mol. The summed E-state index contributed by atoms with van der Waals surface area (Å²) >= 11 is 0. The molecule has 0 amide bonds. The molecule has 0 fully saturated rings. The van der Waals surface area contributed by atoms with Crippen LogP contribution >= 0.6 is 0 Å². The van der Waals surface area contributed by atoms with Crippen LogP contribution in [0.2, 0.25) is 0 Å². The van der Waals surface area contributed by atoms with Gasteiger partial charge in [-0.15, -0.1) is 0 Å². The molecule has 0 saturated heterocycles. The van der Waals surface area contributed by atoms with Gasteiger partial charge in [0.2, 0.25) is 0 Å². The highest BCUT2D eigenvalue weighted by atomic mass is 16.3. The number of nitrogens with one attached hydrogen (secondary N) is 2. The van der Waals surface area contributed by atoms with E-state index in [2.05, 4.69) is 20.5 Å². The summed E-state index contributed by atoms with van der Waals surface area (Å²) in [7, 11) is 0. The molecular formula is C9H13N5O2. The molecule has 0 aromatic carbocycles. The minimum Gasteiger partial charge on any atom is -0.394 e. The van der Waals surface area contributed by atoms with Crippen LogP contribution in [0.4, 0.5) is 5.82 Å². The minimum absolute atomic E-state index is 0.0384. The summed E-state index contributed by atoms with van der Waals surface area (Å²) in [5.74, 6) is 0.590. The van der Waals surface area contributed by atoms with E-state index in [1.807, 2.05) is 6.92 Å². The van der Waals surface area contributed by atoms with Crippen LogP contribution in [0, 0.1) is 0 Å². The number of hydrogen-bond donors (Lipinski definition) is 3. The first-order valence-corrected chi connectivity index (χ1v) is 5.04. The number of H-pyrrole nitrogens is 1. The molecule has 0 aliphatic rings. The van der Waals surface area contributed by atoms with Crippen molar-refractivity contribution < 1.29 is 5.11 Å². The molecule has 0 saturated carbocycles. The average Bonchev–Trinajstić information content (AvgIpc) is 2.68. The van der Waals surface area contributed by atoms with Gasteiger partial charge >= 0.3 is 5.69 Å². The Morgan fingerprint density at radius 1 is 1.69 bits per heavy atom. The van der Waals surface area contributed by atoms with Crippen molar-refractivity contribution in [1.82, 2.24) is 19.6 Å². The number of aromatic nitrogens is 4. The van der Waals surface area contributed by atoms with Crippen molar-refractivity contribution in [3.63, 3.8) is 0 Å². The molecule has 2 heterocycles. The second-order valence-electron chi connectivity index (χ2n) is 3.46. The van der Waals surface area contributed by atoms with E-state index in [1.165, 1.54) is 10.7 Å². The Hall–Kier alpha value is -1.89. The molecule has 0 aliphatic carbocycles. The van der Waals surface area contributed by atoms with E-state index in [1.54, 1.807) is 6.07 Å². The van der Waals surface area contributed by atoms with E-state index in [-0.39, 0.29) is 18.3 Å². The number of aliphatic hydroxyl groups is 1. The van der Waals surface area contributed by atoms with E-state index >= 15 is 0 Å². The molecule has 86 valence electrons. The van der Waals surface area contributed by atoms with Crippen LogP contribution in [0.5, 0.6) is 0 Å². The molecule has 16 heavy (non-hydrogen) atoms. The minimum atomic E-state index is -0.316. The van der Waals surface area contributed by atoms with E-state index in [9.17, 15) is 4.79 Å². The Balaban J connectivity index is 2.29. The number of fused-ring (bicyclic) bond motifs is 1. The standard InChI is InChI=1S/C9H13N5O2/c1-2-6(4-15)11-7-3-8-12-13-9(16)14(8)5-10-7/h3,5-6,11,15H,2,4H2,1H3,(H,13,16). The Morgan fingerprint density at radius 3 is 3.19 bits per heavy atom. The molecule has 0 spiro atoms. The Kier molecular flexibility index (Phi) is 2.86. The van der Waals surface area contributed by atoms with Gasteiger partial charge in [0.25, 0.3) is 0 Å². The van der Waals surface area contributed by atoms with E-state index < -0.39 is 0 Å². The van der Waals surface area contributed by atoms with Gasteiger partial charge in [0.15, 0.2) is 5.65 Å². The Labute approximate surface area is 91.1 Å². The van der Waals surface area contributed by atoms with Gasteiger partial charge in [-0.3, -0.25) is 0 Å². The fourth-order valence-corrected chi connectivity index (χ4v) is 1.37. The zero-order chi connectivity index (χ0) is 11.5. The molecule has 7 heteroatoms. The first kappa shape index (κ1) is 10.6. The third-order valence-corrected chi connectivity index (χ3v) is 2.38. The monoisotopic (exact) mass is 223 g/mol. The van der Waals surface area contributed by atoms with Crippen molar-refractivity contribution >= 4 is 11.5 Å². The molecule has 2 rings (SSSR count). The predicted molar refractivity (Wildman–Crippen MR) is 58.4 cm³/mol. The lowest BCUT2D eigenvalue weighted by molar-refractivity contribution is 0.271. The van der Waals surface area contributed by atoms with Crippen molar-refractivity contribution in [2.24, 2.45) is 0 Å². The molecule has 0 aliphatic heterocycles. The quantitative estimate of drug-likeness (QED) is 0.655. The second-order valence-corrected chi connectivity index (χ2v) is 3.46. The zero-order valence-corrected chi connectivity index (χ0v) is 8.84. The highest BCUT2D eigenvalue weighted by molar-refractivity contribution is 5.48. The molecule has 0 radical (unpaired) electrons. The van der Waals surface area contributed by atoms with Crippen LogP contribution in [0.15, 0.2) is 17.2 Å². The number of anilines is 1. The maximum absolute atomic E-state index is 11.2. The van der Waals surface area contributed by atoms with Gasteiger partial charge in [-0.1, -0.05) is 6.92 Å². The summed E-state index contributed by atoms with van der Waals surface area (Å²) in [6.07, 6.45) is 2.18. The summed E-state index contributed by atoms with van der Waals surface area (Å²) in [4.78, 5) is 15.2. The van der Waals surface area contributed by atoms with E-state index in [0.29, 0.717) is 11.5 Å². The maximum Gasteiger partial charge on any atom is 0.348 e. The number of aromatic amines is 1. The maximum atomic E-state index is 11.2. The van der Waals surface area contributed by atoms with Crippen molar-refractivity contribution in [3.8, 4) is 0 Å². The van der Waals surface area contributed by atoms with Crippen LogP contribution in [0.25, 0.3) is 5.65 Å². The fourth-order valence-electron chi connectivity index (χ4n) is 1.37. The normalized spacial score (nSPS) is 12.9. The number of hydrogen-bond acceptors (Lipinski definition) is 5. The van der Waals surface area contributed by atoms with Gasteiger partial charge in [0, 0.05) is 6.07 Å². The van der Waals surface area contributed by atoms with Crippen LogP contribution in [-0.4, -0.2) is 37.3 Å². The number of rotatable bonds is 4. The molecule has 3 N–H and O–H groups in total. The van der Waals surface area contributed by atoms with Gasteiger partial charge in [-0.25, -0.2) is 19.3 Å². The van der Waals surface area contributed by atoms with Gasteiger partial charge in [0.05, 0.1) is 12.6 Å². The van der Waals surface area contributed by atoms with Crippen LogP contribution in [0.1, 0.15) is 13.3 Å². The fraction of sp³-hybridized carbons (Fsp3) is 0.444. The van der Waals surface area contributed by atoms with Gasteiger partial charge in [-0.2, -0.15) is 5.10 Å². The Morgan fingerprint density at radius 2 is 2.50 bits per heavy atom. The van der Waals surface area contributed by atoms with Crippen LogP contribution < -0.4 is 11.0 Å². The Bertz CT molecular complexity index is 528. The summed E-state index contributed by atoms with van der Waals surface area (Å²) in [5, 5.41) is 18.2.